The van der Waals surface area contributed by atoms with Crippen molar-refractivity contribution in [3.8, 4) is 11.1 Å². The van der Waals surface area contributed by atoms with Crippen LogP contribution in [0.3, 0.4) is 0 Å². The van der Waals surface area contributed by atoms with Crippen molar-refractivity contribution in [3.63, 3.8) is 0 Å². The molecule has 0 aliphatic heterocycles. The van der Waals surface area contributed by atoms with Crippen LogP contribution >= 0.6 is 0 Å². The number of aryl methyl sites for hydroxylation is 2. The number of nitrogens with two attached hydrogens (primary N) is 1. The number of rotatable bonds is 7. The Balaban J connectivity index is 0.000000324. The third-order valence-corrected chi connectivity index (χ3v) is 8.92. The van der Waals surface area contributed by atoms with Gasteiger partial charge in [-0.15, -0.1) is 0 Å². The van der Waals surface area contributed by atoms with Crippen molar-refractivity contribution in [2.24, 2.45) is 0 Å². The molecule has 5 aromatic rings. The molecule has 0 aliphatic carbocycles. The quantitative estimate of drug-likeness (QED) is 0.0953. The number of hydrogen-bond donors (Lipinski definition) is 5. The van der Waals surface area contributed by atoms with Gasteiger partial charge in [0.2, 0.25) is 15.7 Å². The summed E-state index contributed by atoms with van der Waals surface area (Å²) in [5.74, 6) is -0.424. The third-order valence-electron chi connectivity index (χ3n) is 6.27. The molecule has 0 radical (unpaired) electrons. The minimum atomic E-state index is -4.02. The Bertz CT molecular complexity index is 1980. The molecular weight excluding hydrogens is 590 g/mol. The summed E-state index contributed by atoms with van der Waals surface area (Å²) in [6.07, 6.45) is 5.99. The lowest BCUT2D eigenvalue weighted by molar-refractivity contribution is -0.111. The van der Waals surface area contributed by atoms with Crippen LogP contribution in [-0.2, 0) is 24.7 Å². The van der Waals surface area contributed by atoms with E-state index in [9.17, 15) is 21.6 Å². The summed E-state index contributed by atoms with van der Waals surface area (Å²) in [7, 11) is -7.84. The number of hydrogen-bond acceptors (Lipinski definition) is 7. The molecule has 5 rings (SSSR count). The molecule has 2 heterocycles. The molecule has 11 nitrogen and oxygen atoms in total. The Kier molecular flexibility index (Phi) is 9.29. The number of aromatic amines is 2. The number of H-pyrrole nitrogens is 2. The van der Waals surface area contributed by atoms with E-state index in [1.807, 2.05) is 13.8 Å². The lowest BCUT2D eigenvalue weighted by Gasteiger charge is -2.06. The summed E-state index contributed by atoms with van der Waals surface area (Å²) in [6, 6.07) is 21.0. The van der Waals surface area contributed by atoms with Gasteiger partial charge in [0.25, 0.3) is 10.1 Å². The summed E-state index contributed by atoms with van der Waals surface area (Å²) < 4.78 is 55.9. The number of amides is 1. The first-order valence-corrected chi connectivity index (χ1v) is 15.7. The lowest BCUT2D eigenvalue weighted by atomic mass is 10.1. The van der Waals surface area contributed by atoms with Gasteiger partial charge in [-0.1, -0.05) is 42.0 Å². The highest BCUT2D eigenvalue weighted by Crippen LogP contribution is 2.27. The molecule has 6 N–H and O–H groups in total. The molecule has 0 saturated carbocycles. The van der Waals surface area contributed by atoms with E-state index in [1.165, 1.54) is 30.5 Å². The zero-order chi connectivity index (χ0) is 31.2. The molecule has 3 aromatic carbocycles. The monoisotopic (exact) mass is 619 g/mol. The number of carbonyl (C=O) groups excluding carboxylic acids is 1. The smallest absolute Gasteiger partial charge is 0.294 e. The maximum Gasteiger partial charge on any atom is 0.294 e. The largest absolute Gasteiger partial charge is 0.397 e. The van der Waals surface area contributed by atoms with E-state index < -0.39 is 25.9 Å². The van der Waals surface area contributed by atoms with E-state index in [1.54, 1.807) is 72.9 Å². The molecule has 0 spiro atoms. The van der Waals surface area contributed by atoms with E-state index in [0.717, 1.165) is 22.4 Å². The Labute approximate surface area is 249 Å². The number of carbonyl (C=O) groups is 1. The van der Waals surface area contributed by atoms with Crippen molar-refractivity contribution in [2.75, 3.05) is 11.1 Å². The Hall–Kier alpha value is -4.98. The van der Waals surface area contributed by atoms with Crippen LogP contribution in [0.4, 0.5) is 11.4 Å². The highest BCUT2D eigenvalue weighted by atomic mass is 32.2. The van der Waals surface area contributed by atoms with E-state index in [0.29, 0.717) is 16.9 Å². The molecule has 2 aromatic heterocycles. The second-order valence-electron chi connectivity index (χ2n) is 9.37. The molecule has 222 valence electrons. The second-order valence-corrected chi connectivity index (χ2v) is 12.7. The number of anilines is 2. The molecule has 0 unspecified atom stereocenters. The average molecular weight is 620 g/mol. The van der Waals surface area contributed by atoms with Crippen molar-refractivity contribution < 1.29 is 26.2 Å². The van der Waals surface area contributed by atoms with Crippen molar-refractivity contribution >= 4 is 43.3 Å². The Morgan fingerprint density at radius 3 is 2.16 bits per heavy atom. The van der Waals surface area contributed by atoms with Gasteiger partial charge in [-0.2, -0.15) is 13.5 Å². The van der Waals surface area contributed by atoms with Crippen LogP contribution in [0.25, 0.3) is 17.2 Å². The molecule has 0 saturated heterocycles. The van der Waals surface area contributed by atoms with E-state index in [2.05, 4.69) is 20.5 Å². The van der Waals surface area contributed by atoms with Gasteiger partial charge in [0.15, 0.2) is 0 Å². The van der Waals surface area contributed by atoms with Crippen LogP contribution in [0.2, 0.25) is 0 Å². The van der Waals surface area contributed by atoms with Gasteiger partial charge in [-0.25, -0.2) is 8.42 Å². The fraction of sp³-hybridized carbons (Fsp3) is 0.0667. The Morgan fingerprint density at radius 1 is 0.907 bits per heavy atom. The number of benzene rings is 3. The van der Waals surface area contributed by atoms with Gasteiger partial charge in [-0.3, -0.25) is 14.4 Å². The van der Waals surface area contributed by atoms with Crippen molar-refractivity contribution in [2.45, 2.75) is 28.7 Å². The predicted octanol–water partition coefficient (Wildman–Crippen LogP) is 5.02. The SMILES string of the molecule is Cc1ccc(S(=O)(=O)O)cc1.Cc1n[nH]cc1-c1ccc(S(=O)(=O)c2[nH]ccc2/C=C/C(=O)Nc2ccccc2N)cc1. The van der Waals surface area contributed by atoms with E-state index in [4.69, 9.17) is 10.3 Å². The standard InChI is InChI=1S/C23H21N5O3S.C7H8O3S/c1-15-19(14-26-28-15)16-6-9-18(10-7-16)32(30,31)23-17(12-13-25-23)8-11-22(29)27-21-5-3-2-4-20(21)24;1-6-2-4-7(5-3-6)11(8,9)10/h2-14,25H,24H2,1H3,(H,26,28)(H,27,29);2-5H,1H3,(H,8,9,10)/b11-8+;. The van der Waals surface area contributed by atoms with Crippen LogP contribution in [0.5, 0.6) is 0 Å². The van der Waals surface area contributed by atoms with Crippen LogP contribution < -0.4 is 11.1 Å². The molecule has 43 heavy (non-hydrogen) atoms. The summed E-state index contributed by atoms with van der Waals surface area (Å²) in [4.78, 5) is 15.1. The summed E-state index contributed by atoms with van der Waals surface area (Å²) in [6.45, 7) is 3.71. The highest BCUT2D eigenvalue weighted by molar-refractivity contribution is 7.91. The van der Waals surface area contributed by atoms with Gasteiger partial charge < -0.3 is 16.0 Å². The van der Waals surface area contributed by atoms with Gasteiger partial charge in [0, 0.05) is 29.6 Å². The van der Waals surface area contributed by atoms with Gasteiger partial charge in [0.1, 0.15) is 5.03 Å². The van der Waals surface area contributed by atoms with E-state index >= 15 is 0 Å². The minimum absolute atomic E-state index is 0.00742. The van der Waals surface area contributed by atoms with Crippen molar-refractivity contribution in [1.82, 2.24) is 15.2 Å². The molecule has 1 amide bonds. The van der Waals surface area contributed by atoms with Crippen LogP contribution in [-0.4, -0.2) is 42.5 Å². The third kappa shape index (κ3) is 7.65. The fourth-order valence-corrected chi connectivity index (χ4v) is 5.85. The van der Waals surface area contributed by atoms with Crippen molar-refractivity contribution in [1.29, 1.82) is 0 Å². The number of para-hydroxylation sites is 2. The number of nitrogens with zero attached hydrogens (tertiary/aromatic N) is 1. The summed E-state index contributed by atoms with van der Waals surface area (Å²) >= 11 is 0. The first-order valence-electron chi connectivity index (χ1n) is 12.8. The normalized spacial score (nSPS) is 11.6. The van der Waals surface area contributed by atoms with Crippen LogP contribution in [0.1, 0.15) is 16.8 Å². The summed E-state index contributed by atoms with van der Waals surface area (Å²) in [5, 5.41) is 9.55. The maximum atomic E-state index is 13.2. The average Bonchev–Trinajstić information content (AvgIpc) is 3.63. The highest BCUT2D eigenvalue weighted by Gasteiger charge is 2.22. The zero-order valence-electron chi connectivity index (χ0n) is 23.1. The lowest BCUT2D eigenvalue weighted by Crippen LogP contribution is -2.09. The van der Waals surface area contributed by atoms with Crippen molar-refractivity contribution in [3.05, 3.63) is 114 Å². The maximum absolute atomic E-state index is 13.2. The number of sulfone groups is 1. The number of nitrogens with one attached hydrogen (secondary N) is 3. The zero-order valence-corrected chi connectivity index (χ0v) is 24.8. The predicted molar refractivity (Wildman–Crippen MR) is 165 cm³/mol. The topological polar surface area (TPSA) is 188 Å². The second kappa shape index (κ2) is 12.9. The molecule has 13 heteroatoms. The van der Waals surface area contributed by atoms with Gasteiger partial charge in [-0.05, 0) is 68.0 Å². The first-order chi connectivity index (χ1) is 20.4. The fourth-order valence-electron chi connectivity index (χ4n) is 3.97. The number of nitrogen functional groups attached to an aromatic ring is 1. The van der Waals surface area contributed by atoms with E-state index in [-0.39, 0.29) is 14.8 Å². The Morgan fingerprint density at radius 2 is 1.56 bits per heavy atom. The molecule has 0 bridgehead atoms. The molecule has 0 atom stereocenters. The molecule has 0 aliphatic rings. The van der Waals surface area contributed by atoms with Gasteiger partial charge >= 0.3 is 0 Å². The minimum Gasteiger partial charge on any atom is -0.397 e. The van der Waals surface area contributed by atoms with Crippen LogP contribution in [0.15, 0.2) is 112 Å². The first kappa shape index (κ1) is 31.0. The van der Waals surface area contributed by atoms with Crippen LogP contribution in [0, 0.1) is 13.8 Å². The molecule has 0 fully saturated rings. The summed E-state index contributed by atoms with van der Waals surface area (Å²) in [5.41, 5.74) is 10.7. The number of aromatic nitrogens is 3. The molecular formula is C30H29N5O6S2. The van der Waals surface area contributed by atoms with Gasteiger partial charge in [0.05, 0.1) is 26.9 Å².